The fraction of sp³-hybridized carbons (Fsp3) is 0. The molecule has 0 N–H and O–H groups in total. The van der Waals surface area contributed by atoms with Crippen LogP contribution in [0, 0.1) is 10.1 Å². The van der Waals surface area contributed by atoms with Gasteiger partial charge in [-0.2, -0.15) is 0 Å². The Bertz CT molecular complexity index is 494. The topological polar surface area (TPSA) is 48.1 Å². The molecule has 1 aromatic heterocycles. The molecule has 1 heterocycles. The summed E-state index contributed by atoms with van der Waals surface area (Å²) < 4.78 is 1.78. The number of nitro benzene ring substituents is 1. The second-order valence-corrected chi connectivity index (χ2v) is 3.39. The summed E-state index contributed by atoms with van der Waals surface area (Å²) in [7, 11) is 0. The number of halogens is 1. The van der Waals surface area contributed by atoms with Gasteiger partial charge in [-0.05, 0) is 24.3 Å². The molecular weight excluding hydrogens is 216 g/mol. The zero-order valence-electron chi connectivity index (χ0n) is 7.63. The van der Waals surface area contributed by atoms with Crippen molar-refractivity contribution in [1.29, 1.82) is 0 Å². The van der Waals surface area contributed by atoms with E-state index in [1.54, 1.807) is 10.6 Å². The van der Waals surface area contributed by atoms with Gasteiger partial charge in [0.05, 0.1) is 10.6 Å². The molecule has 0 radical (unpaired) electrons. The third-order valence-electron chi connectivity index (χ3n) is 2.03. The van der Waals surface area contributed by atoms with E-state index in [0.29, 0.717) is 0 Å². The van der Waals surface area contributed by atoms with Crippen LogP contribution in [-0.2, 0) is 0 Å². The van der Waals surface area contributed by atoms with Crippen LogP contribution in [0.2, 0.25) is 5.02 Å². The van der Waals surface area contributed by atoms with Crippen molar-refractivity contribution in [3.05, 3.63) is 57.9 Å². The molecular formula is C10H7ClN2O2. The van der Waals surface area contributed by atoms with E-state index in [-0.39, 0.29) is 10.7 Å². The molecule has 0 aliphatic rings. The third-order valence-corrected chi connectivity index (χ3v) is 2.35. The molecule has 0 aliphatic heterocycles. The number of aromatic nitrogens is 1. The number of rotatable bonds is 2. The Balaban J connectivity index is 2.52. The maximum Gasteiger partial charge on any atom is 0.289 e. The quantitative estimate of drug-likeness (QED) is 0.579. The molecule has 0 saturated carbocycles. The Kier molecular flexibility index (Phi) is 2.43. The van der Waals surface area contributed by atoms with Gasteiger partial charge in [0.2, 0.25) is 0 Å². The summed E-state index contributed by atoms with van der Waals surface area (Å²) in [5.41, 5.74) is 0.638. The van der Waals surface area contributed by atoms with Gasteiger partial charge in [0.25, 0.3) is 5.69 Å². The molecule has 5 heteroatoms. The second-order valence-electron chi connectivity index (χ2n) is 2.98. The highest BCUT2D eigenvalue weighted by Crippen LogP contribution is 2.26. The van der Waals surface area contributed by atoms with Gasteiger partial charge in [-0.15, -0.1) is 0 Å². The van der Waals surface area contributed by atoms with Gasteiger partial charge in [-0.25, -0.2) is 0 Å². The summed E-state index contributed by atoms with van der Waals surface area (Å²) in [4.78, 5) is 10.2. The normalized spacial score (nSPS) is 10.2. The number of benzene rings is 1. The van der Waals surface area contributed by atoms with Gasteiger partial charge in [-0.1, -0.05) is 11.6 Å². The molecule has 0 unspecified atom stereocenters. The molecule has 4 nitrogen and oxygen atoms in total. The zero-order chi connectivity index (χ0) is 10.8. The number of hydrogen-bond acceptors (Lipinski definition) is 2. The van der Waals surface area contributed by atoms with Crippen LogP contribution in [0.3, 0.4) is 0 Å². The van der Waals surface area contributed by atoms with Gasteiger partial charge in [0.15, 0.2) is 0 Å². The van der Waals surface area contributed by atoms with Crippen LogP contribution in [0.5, 0.6) is 0 Å². The van der Waals surface area contributed by atoms with E-state index in [0.717, 1.165) is 5.69 Å². The molecule has 0 spiro atoms. The summed E-state index contributed by atoms with van der Waals surface area (Å²) >= 11 is 5.70. The highest BCUT2D eigenvalue weighted by molar-refractivity contribution is 6.32. The molecule has 15 heavy (non-hydrogen) atoms. The first-order valence-corrected chi connectivity index (χ1v) is 4.63. The minimum atomic E-state index is -0.491. The van der Waals surface area contributed by atoms with Gasteiger partial charge in [0, 0.05) is 18.5 Å². The molecule has 0 saturated heterocycles. The van der Waals surface area contributed by atoms with Crippen molar-refractivity contribution in [3.8, 4) is 5.69 Å². The summed E-state index contributed by atoms with van der Waals surface area (Å²) in [6.07, 6.45) is 3.62. The van der Waals surface area contributed by atoms with Crippen LogP contribution < -0.4 is 0 Å². The molecule has 76 valence electrons. The molecule has 0 fully saturated rings. The van der Waals surface area contributed by atoms with Crippen LogP contribution in [-0.4, -0.2) is 9.49 Å². The molecule has 0 amide bonds. The number of hydrogen-bond donors (Lipinski definition) is 0. The molecule has 0 atom stereocenters. The van der Waals surface area contributed by atoms with Crippen LogP contribution in [0.15, 0.2) is 42.7 Å². The summed E-state index contributed by atoms with van der Waals surface area (Å²) in [5, 5.41) is 10.8. The number of nitrogens with zero attached hydrogens (tertiary/aromatic N) is 2. The van der Waals surface area contributed by atoms with Crippen molar-refractivity contribution in [2.24, 2.45) is 0 Å². The minimum Gasteiger partial charge on any atom is -0.324 e. The van der Waals surface area contributed by atoms with Gasteiger partial charge in [0.1, 0.15) is 5.02 Å². The van der Waals surface area contributed by atoms with Crippen molar-refractivity contribution in [2.75, 3.05) is 0 Å². The predicted octanol–water partition coefficient (Wildman–Crippen LogP) is 3.04. The molecule has 0 bridgehead atoms. The summed E-state index contributed by atoms with van der Waals surface area (Å²) in [6.45, 7) is 0. The van der Waals surface area contributed by atoms with E-state index in [9.17, 15) is 10.1 Å². The van der Waals surface area contributed by atoms with Crippen LogP contribution in [0.1, 0.15) is 0 Å². The Hall–Kier alpha value is -1.81. The van der Waals surface area contributed by atoms with Crippen LogP contribution in [0.4, 0.5) is 5.69 Å². The van der Waals surface area contributed by atoms with Crippen LogP contribution in [0.25, 0.3) is 5.69 Å². The maximum absolute atomic E-state index is 10.7. The van der Waals surface area contributed by atoms with E-state index in [4.69, 9.17) is 11.6 Å². The van der Waals surface area contributed by atoms with Crippen molar-refractivity contribution in [2.45, 2.75) is 0 Å². The third kappa shape index (κ3) is 1.85. The van der Waals surface area contributed by atoms with E-state index >= 15 is 0 Å². The fourth-order valence-electron chi connectivity index (χ4n) is 1.31. The molecule has 2 aromatic rings. The lowest BCUT2D eigenvalue weighted by molar-refractivity contribution is -0.384. The van der Waals surface area contributed by atoms with E-state index in [1.165, 1.54) is 12.1 Å². The van der Waals surface area contributed by atoms with E-state index < -0.39 is 4.92 Å². The molecule has 1 aromatic carbocycles. The zero-order valence-corrected chi connectivity index (χ0v) is 8.39. The monoisotopic (exact) mass is 222 g/mol. The Morgan fingerprint density at radius 2 is 1.93 bits per heavy atom. The summed E-state index contributed by atoms with van der Waals surface area (Å²) in [5.74, 6) is 0. The lowest BCUT2D eigenvalue weighted by Crippen LogP contribution is -1.94. The lowest BCUT2D eigenvalue weighted by Gasteiger charge is -2.02. The highest BCUT2D eigenvalue weighted by atomic mass is 35.5. The Morgan fingerprint density at radius 1 is 1.27 bits per heavy atom. The standard InChI is InChI=1S/C10H7ClN2O2/c11-9-4-3-8(7-10(9)13(14)15)12-5-1-2-6-12/h1-7H. The SMILES string of the molecule is O=[N+]([O-])c1cc(-n2cccc2)ccc1Cl. The first-order valence-electron chi connectivity index (χ1n) is 4.26. The van der Waals surface area contributed by atoms with Gasteiger partial charge < -0.3 is 4.57 Å². The summed E-state index contributed by atoms with van der Waals surface area (Å²) in [6, 6.07) is 8.40. The van der Waals surface area contributed by atoms with Crippen molar-refractivity contribution in [3.63, 3.8) is 0 Å². The Morgan fingerprint density at radius 3 is 2.53 bits per heavy atom. The highest BCUT2D eigenvalue weighted by Gasteiger charge is 2.12. The predicted molar refractivity (Wildman–Crippen MR) is 57.4 cm³/mol. The largest absolute Gasteiger partial charge is 0.324 e. The average Bonchev–Trinajstić information content (AvgIpc) is 2.71. The smallest absolute Gasteiger partial charge is 0.289 e. The molecule has 0 aliphatic carbocycles. The van der Waals surface area contributed by atoms with Crippen molar-refractivity contribution in [1.82, 2.24) is 4.57 Å². The van der Waals surface area contributed by atoms with E-state index in [2.05, 4.69) is 0 Å². The van der Waals surface area contributed by atoms with Crippen molar-refractivity contribution >= 4 is 17.3 Å². The Labute approximate surface area is 90.9 Å². The maximum atomic E-state index is 10.7. The average molecular weight is 223 g/mol. The first kappa shape index (κ1) is 9.73. The van der Waals surface area contributed by atoms with Gasteiger partial charge in [-0.3, -0.25) is 10.1 Å². The minimum absolute atomic E-state index is 0.0807. The first-order chi connectivity index (χ1) is 7.18. The van der Waals surface area contributed by atoms with E-state index in [1.807, 2.05) is 24.5 Å². The lowest BCUT2D eigenvalue weighted by atomic mass is 10.3. The fourth-order valence-corrected chi connectivity index (χ4v) is 1.49. The van der Waals surface area contributed by atoms with Crippen LogP contribution >= 0.6 is 11.6 Å². The van der Waals surface area contributed by atoms with Crippen molar-refractivity contribution < 1.29 is 4.92 Å². The molecule has 2 rings (SSSR count). The van der Waals surface area contributed by atoms with Gasteiger partial charge >= 0.3 is 0 Å². The second kappa shape index (κ2) is 3.74. The number of nitro groups is 1.